The Morgan fingerprint density at radius 1 is 1.33 bits per heavy atom. The van der Waals surface area contributed by atoms with Crippen LogP contribution in [-0.4, -0.2) is 81.6 Å². The predicted molar refractivity (Wildman–Crippen MR) is 169 cm³/mol. The lowest BCUT2D eigenvalue weighted by atomic mass is 9.87. The molecule has 2 aliphatic heterocycles. The third-order valence-corrected chi connectivity index (χ3v) is 8.60. The SMILES string of the molecule is CN[C@@H](C)C(=O)O.COc1cc2cc(c1Cl)N(C)C(=O)CCC1(C)OC1[C@H](C)C(OC)CC(NC=O)C/C=C/C=C(\C)C2. The van der Waals surface area contributed by atoms with E-state index in [1.807, 2.05) is 25.1 Å². The fourth-order valence-electron chi connectivity index (χ4n) is 5.22. The maximum absolute atomic E-state index is 13.2. The molecule has 240 valence electrons. The molecule has 3 rings (SSSR count). The molecule has 1 fully saturated rings. The highest BCUT2D eigenvalue weighted by Gasteiger charge is 2.56. The average molecular weight is 622 g/mol. The fourth-order valence-corrected chi connectivity index (χ4v) is 5.53. The number of hydrogen-bond acceptors (Lipinski definition) is 7. The van der Waals surface area contributed by atoms with Gasteiger partial charge in [-0.2, -0.15) is 0 Å². The number of nitrogens with zero attached hydrogens (tertiary/aromatic N) is 1. The molecule has 0 saturated carbocycles. The summed E-state index contributed by atoms with van der Waals surface area (Å²) in [6.45, 7) is 7.80. The third-order valence-electron chi connectivity index (χ3n) is 8.22. The number of methoxy groups -OCH3 is 2. The number of fused-ring (bicyclic) bond motifs is 3. The second kappa shape index (κ2) is 16.8. The second-order valence-corrected chi connectivity index (χ2v) is 11.9. The Hall–Kier alpha value is -2.92. The van der Waals surface area contributed by atoms with Crippen molar-refractivity contribution in [2.24, 2.45) is 5.92 Å². The topological polar surface area (TPSA) is 130 Å². The van der Waals surface area contributed by atoms with E-state index in [9.17, 15) is 14.4 Å². The van der Waals surface area contributed by atoms with Crippen molar-refractivity contribution in [3.05, 3.63) is 46.5 Å². The van der Waals surface area contributed by atoms with Crippen molar-refractivity contribution in [3.63, 3.8) is 0 Å². The number of amides is 2. The van der Waals surface area contributed by atoms with Crippen molar-refractivity contribution in [1.29, 1.82) is 0 Å². The fraction of sp³-hybridized carbons (Fsp3) is 0.594. The quantitative estimate of drug-likeness (QED) is 0.312. The molecule has 2 bridgehead atoms. The first-order chi connectivity index (χ1) is 20.3. The van der Waals surface area contributed by atoms with E-state index in [0.717, 1.165) is 17.5 Å². The Bertz CT molecular complexity index is 1170. The minimum Gasteiger partial charge on any atom is -0.495 e. The minimum absolute atomic E-state index is 0.0207. The first-order valence-corrected chi connectivity index (χ1v) is 14.9. The van der Waals surface area contributed by atoms with Crippen LogP contribution in [0.15, 0.2) is 35.9 Å². The van der Waals surface area contributed by atoms with Gasteiger partial charge in [-0.3, -0.25) is 14.4 Å². The van der Waals surface area contributed by atoms with Gasteiger partial charge in [0.25, 0.3) is 0 Å². The van der Waals surface area contributed by atoms with E-state index in [1.54, 1.807) is 40.1 Å². The van der Waals surface area contributed by atoms with Gasteiger partial charge in [0.2, 0.25) is 12.3 Å². The number of ether oxygens (including phenoxy) is 3. The molecular weight excluding hydrogens is 574 g/mol. The zero-order chi connectivity index (χ0) is 32.3. The molecule has 2 amide bonds. The maximum Gasteiger partial charge on any atom is 0.320 e. The Kier molecular flexibility index (Phi) is 14.2. The molecule has 11 heteroatoms. The molecule has 0 aromatic heterocycles. The summed E-state index contributed by atoms with van der Waals surface area (Å²) < 4.78 is 17.4. The first kappa shape index (κ1) is 36.3. The van der Waals surface area contributed by atoms with E-state index in [-0.39, 0.29) is 30.1 Å². The molecular formula is C32H48ClN3O7. The molecule has 0 radical (unpaired) electrons. The van der Waals surface area contributed by atoms with E-state index in [0.29, 0.717) is 48.6 Å². The number of allylic oxidation sites excluding steroid dienone is 3. The van der Waals surface area contributed by atoms with Crippen LogP contribution in [0, 0.1) is 5.92 Å². The molecule has 3 N–H and O–H groups in total. The summed E-state index contributed by atoms with van der Waals surface area (Å²) >= 11 is 6.61. The molecule has 1 aromatic carbocycles. The van der Waals surface area contributed by atoms with Gasteiger partial charge in [0.15, 0.2) is 0 Å². The number of carboxylic acid groups (broad SMARTS) is 1. The summed E-state index contributed by atoms with van der Waals surface area (Å²) in [5.74, 6) is -0.210. The molecule has 0 spiro atoms. The van der Waals surface area contributed by atoms with Crippen molar-refractivity contribution in [3.8, 4) is 5.75 Å². The molecule has 2 aliphatic rings. The zero-order valence-corrected chi connectivity index (χ0v) is 27.4. The van der Waals surface area contributed by atoms with Crippen LogP contribution in [0.1, 0.15) is 58.9 Å². The Balaban J connectivity index is 0.000000821. The highest BCUT2D eigenvalue weighted by Crippen LogP contribution is 2.47. The van der Waals surface area contributed by atoms with Gasteiger partial charge in [-0.1, -0.05) is 42.3 Å². The van der Waals surface area contributed by atoms with Crippen LogP contribution >= 0.6 is 11.6 Å². The number of hydrogen-bond donors (Lipinski definition) is 3. The van der Waals surface area contributed by atoms with Gasteiger partial charge in [0.1, 0.15) is 16.8 Å². The summed E-state index contributed by atoms with van der Waals surface area (Å²) in [6.07, 6.45) is 9.74. The number of likely N-dealkylation sites (N-methyl/N-ethyl adjacent to an activating group) is 1. The summed E-state index contributed by atoms with van der Waals surface area (Å²) in [7, 11) is 6.63. The van der Waals surface area contributed by atoms with Crippen LogP contribution in [0.2, 0.25) is 5.02 Å². The van der Waals surface area contributed by atoms with Crippen LogP contribution in [0.4, 0.5) is 5.69 Å². The van der Waals surface area contributed by atoms with Crippen LogP contribution in [0.25, 0.3) is 0 Å². The van der Waals surface area contributed by atoms with Crippen LogP contribution < -0.4 is 20.3 Å². The Labute approximate surface area is 260 Å². The van der Waals surface area contributed by atoms with Gasteiger partial charge >= 0.3 is 5.97 Å². The van der Waals surface area contributed by atoms with Gasteiger partial charge in [-0.05, 0) is 71.2 Å². The van der Waals surface area contributed by atoms with Gasteiger partial charge < -0.3 is 34.9 Å². The van der Waals surface area contributed by atoms with Crippen molar-refractivity contribution < 1.29 is 33.7 Å². The number of aliphatic carboxylic acids is 1. The van der Waals surface area contributed by atoms with Gasteiger partial charge in [-0.25, -0.2) is 0 Å². The molecule has 2 heterocycles. The first-order valence-electron chi connectivity index (χ1n) is 14.6. The number of benzene rings is 1. The lowest BCUT2D eigenvalue weighted by molar-refractivity contribution is -0.138. The van der Waals surface area contributed by atoms with Crippen molar-refractivity contribution in [2.75, 3.05) is 33.2 Å². The number of rotatable bonds is 6. The molecule has 0 aliphatic carbocycles. The second-order valence-electron chi connectivity index (χ2n) is 11.5. The number of carbonyl (C=O) groups is 3. The van der Waals surface area contributed by atoms with Gasteiger partial charge in [-0.15, -0.1) is 0 Å². The molecule has 10 nitrogen and oxygen atoms in total. The van der Waals surface area contributed by atoms with E-state index in [4.69, 9.17) is 30.9 Å². The summed E-state index contributed by atoms with van der Waals surface area (Å²) in [5, 5.41) is 14.0. The Morgan fingerprint density at radius 2 is 2.02 bits per heavy atom. The van der Waals surface area contributed by atoms with E-state index in [2.05, 4.69) is 36.6 Å². The van der Waals surface area contributed by atoms with Crippen LogP contribution in [-0.2, 0) is 30.3 Å². The van der Waals surface area contributed by atoms with Crippen LogP contribution in [0.5, 0.6) is 5.75 Å². The van der Waals surface area contributed by atoms with Gasteiger partial charge in [0.05, 0.1) is 30.6 Å². The predicted octanol–water partition coefficient (Wildman–Crippen LogP) is 4.53. The highest BCUT2D eigenvalue weighted by molar-refractivity contribution is 6.35. The smallest absolute Gasteiger partial charge is 0.320 e. The third kappa shape index (κ3) is 10.3. The molecule has 43 heavy (non-hydrogen) atoms. The molecule has 4 unspecified atom stereocenters. The lowest BCUT2D eigenvalue weighted by Crippen LogP contribution is -2.37. The normalized spacial score (nSPS) is 29.1. The summed E-state index contributed by atoms with van der Waals surface area (Å²) in [6, 6.07) is 3.38. The van der Waals surface area contributed by atoms with E-state index in [1.165, 1.54) is 0 Å². The standard InChI is InChI=1S/C28H39ClN2O5.C4H9NO2/c1-18-9-7-8-10-21(30-17-32)16-23(34-5)19(2)27-28(3,36-27)12-11-25(33)31(4)22-14-20(13-18)15-24(35-6)26(22)29;1-3(5-2)4(6)7/h7-9,14-15,17,19,21,23,27H,10-13,16H2,1-6H3,(H,30,32);3,5H,1-2H3,(H,6,7)/b8-7+,18-9+;/t19-,21?,23?,27?,28?;3-/m10/s1. The lowest BCUT2D eigenvalue weighted by Gasteiger charge is -2.26. The zero-order valence-electron chi connectivity index (χ0n) is 26.6. The van der Waals surface area contributed by atoms with Crippen molar-refractivity contribution in [2.45, 2.75) is 89.7 Å². The van der Waals surface area contributed by atoms with Crippen molar-refractivity contribution >= 4 is 35.6 Å². The molecule has 6 atom stereocenters. The number of epoxide rings is 1. The summed E-state index contributed by atoms with van der Waals surface area (Å²) in [4.78, 5) is 35.9. The number of carboxylic acids is 1. The largest absolute Gasteiger partial charge is 0.495 e. The number of halogens is 1. The number of carbonyl (C=O) groups excluding carboxylic acids is 2. The Morgan fingerprint density at radius 3 is 2.58 bits per heavy atom. The summed E-state index contributed by atoms with van der Waals surface area (Å²) in [5.41, 5.74) is 2.38. The van der Waals surface area contributed by atoms with Crippen LogP contribution in [0.3, 0.4) is 0 Å². The van der Waals surface area contributed by atoms with Gasteiger partial charge in [0, 0.05) is 32.5 Å². The average Bonchev–Trinajstić information content (AvgIpc) is 3.67. The highest BCUT2D eigenvalue weighted by atomic mass is 35.5. The van der Waals surface area contributed by atoms with E-state index < -0.39 is 17.6 Å². The monoisotopic (exact) mass is 621 g/mol. The minimum atomic E-state index is -0.817. The number of anilines is 1. The van der Waals surface area contributed by atoms with Crippen molar-refractivity contribution in [1.82, 2.24) is 10.6 Å². The molecule has 1 saturated heterocycles. The maximum atomic E-state index is 13.2. The van der Waals surface area contributed by atoms with E-state index >= 15 is 0 Å². The molecule has 1 aromatic rings. The number of nitrogens with one attached hydrogen (secondary N) is 2.